The van der Waals surface area contributed by atoms with Crippen molar-refractivity contribution in [1.82, 2.24) is 15.0 Å². The highest BCUT2D eigenvalue weighted by molar-refractivity contribution is 5.94. The van der Waals surface area contributed by atoms with Gasteiger partial charge in [0.15, 0.2) is 0 Å². The summed E-state index contributed by atoms with van der Waals surface area (Å²) in [5.74, 6) is 1.16. The van der Waals surface area contributed by atoms with Crippen LogP contribution in [0.4, 0.5) is 15.9 Å². The SMILES string of the molecule is CCCNc1cc(-c2ccc(N3CC(Oc4cccc(F)c4)C3)nc2)c2nccnc2c1. The Balaban J connectivity index is 1.31. The van der Waals surface area contributed by atoms with E-state index in [2.05, 4.69) is 44.2 Å². The van der Waals surface area contributed by atoms with Gasteiger partial charge in [-0.25, -0.2) is 9.37 Å². The average molecular weight is 429 g/mol. The first-order chi connectivity index (χ1) is 15.7. The standard InChI is InChI=1S/C25H24FN5O/c1-2-8-27-19-12-22(25-23(13-19)28-9-10-29-25)17-6-7-24(30-14-17)31-15-21(16-31)32-20-5-3-4-18(26)11-20/h3-7,9-14,21,27H,2,8,15-16H2,1H3. The number of aromatic nitrogens is 3. The van der Waals surface area contributed by atoms with Crippen LogP contribution in [0.25, 0.3) is 22.2 Å². The quantitative estimate of drug-likeness (QED) is 0.450. The molecule has 0 unspecified atom stereocenters. The zero-order valence-electron chi connectivity index (χ0n) is 17.8. The molecule has 1 N–H and O–H groups in total. The summed E-state index contributed by atoms with van der Waals surface area (Å²) in [4.78, 5) is 15.8. The molecule has 0 saturated carbocycles. The van der Waals surface area contributed by atoms with Crippen molar-refractivity contribution in [1.29, 1.82) is 0 Å². The number of halogens is 1. The molecule has 5 rings (SSSR count). The van der Waals surface area contributed by atoms with Gasteiger partial charge in [0.2, 0.25) is 0 Å². The van der Waals surface area contributed by atoms with E-state index in [0.717, 1.165) is 46.6 Å². The molecule has 1 aliphatic rings. The predicted octanol–water partition coefficient (Wildman–Crippen LogP) is 4.92. The van der Waals surface area contributed by atoms with Crippen LogP contribution < -0.4 is 15.0 Å². The van der Waals surface area contributed by atoms with Crippen LogP contribution in [0.1, 0.15) is 13.3 Å². The van der Waals surface area contributed by atoms with Gasteiger partial charge in [-0.3, -0.25) is 9.97 Å². The molecule has 4 aromatic rings. The lowest BCUT2D eigenvalue weighted by Crippen LogP contribution is -2.54. The Morgan fingerprint density at radius 2 is 1.94 bits per heavy atom. The lowest BCUT2D eigenvalue weighted by Gasteiger charge is -2.39. The van der Waals surface area contributed by atoms with Crippen molar-refractivity contribution in [2.45, 2.75) is 19.4 Å². The fourth-order valence-corrected chi connectivity index (χ4v) is 3.83. The zero-order valence-corrected chi connectivity index (χ0v) is 17.8. The van der Waals surface area contributed by atoms with Crippen LogP contribution in [0.5, 0.6) is 5.75 Å². The van der Waals surface area contributed by atoms with Crippen molar-refractivity contribution < 1.29 is 9.13 Å². The molecule has 1 aliphatic heterocycles. The summed E-state index contributed by atoms with van der Waals surface area (Å²) in [6.45, 7) is 4.47. The van der Waals surface area contributed by atoms with Gasteiger partial charge in [-0.05, 0) is 42.8 Å². The van der Waals surface area contributed by atoms with E-state index in [1.165, 1.54) is 12.1 Å². The normalized spacial score (nSPS) is 13.8. The van der Waals surface area contributed by atoms with Gasteiger partial charge in [-0.1, -0.05) is 13.0 Å². The number of hydrogen-bond donors (Lipinski definition) is 1. The molecule has 1 saturated heterocycles. The van der Waals surface area contributed by atoms with E-state index in [1.807, 2.05) is 18.3 Å². The maximum absolute atomic E-state index is 13.3. The highest BCUT2D eigenvalue weighted by Gasteiger charge is 2.29. The van der Waals surface area contributed by atoms with Gasteiger partial charge in [0.1, 0.15) is 23.5 Å². The summed E-state index contributed by atoms with van der Waals surface area (Å²) in [7, 11) is 0. The Kier molecular flexibility index (Phi) is 5.54. The second-order valence-corrected chi connectivity index (χ2v) is 7.88. The maximum Gasteiger partial charge on any atom is 0.134 e. The average Bonchev–Trinajstić information content (AvgIpc) is 2.79. The molecule has 1 fully saturated rings. The number of ether oxygens (including phenoxy) is 1. The molecule has 0 amide bonds. The fraction of sp³-hybridized carbons (Fsp3) is 0.240. The lowest BCUT2D eigenvalue weighted by molar-refractivity contribution is 0.166. The fourth-order valence-electron chi connectivity index (χ4n) is 3.83. The molecule has 162 valence electrons. The summed E-state index contributed by atoms with van der Waals surface area (Å²) in [5, 5.41) is 3.44. The number of hydrogen-bond acceptors (Lipinski definition) is 6. The van der Waals surface area contributed by atoms with Gasteiger partial charge in [0, 0.05) is 48.0 Å². The maximum atomic E-state index is 13.3. The van der Waals surface area contributed by atoms with Crippen molar-refractivity contribution in [2.75, 3.05) is 29.9 Å². The van der Waals surface area contributed by atoms with E-state index in [9.17, 15) is 4.39 Å². The van der Waals surface area contributed by atoms with Crippen LogP contribution in [-0.2, 0) is 0 Å². The molecular formula is C25H24FN5O. The summed E-state index contributed by atoms with van der Waals surface area (Å²) in [5.41, 5.74) is 4.74. The molecule has 3 heterocycles. The van der Waals surface area contributed by atoms with Crippen LogP contribution in [0.3, 0.4) is 0 Å². The topological polar surface area (TPSA) is 63.2 Å². The van der Waals surface area contributed by atoms with Crippen LogP contribution in [0.15, 0.2) is 67.1 Å². The number of pyridine rings is 1. The van der Waals surface area contributed by atoms with E-state index < -0.39 is 0 Å². The largest absolute Gasteiger partial charge is 0.487 e. The first-order valence-corrected chi connectivity index (χ1v) is 10.8. The number of rotatable bonds is 7. The number of benzene rings is 2. The van der Waals surface area contributed by atoms with Gasteiger partial charge >= 0.3 is 0 Å². The van der Waals surface area contributed by atoms with Crippen LogP contribution in [0.2, 0.25) is 0 Å². The highest BCUT2D eigenvalue weighted by atomic mass is 19.1. The van der Waals surface area contributed by atoms with Gasteiger partial charge < -0.3 is 15.0 Å². The summed E-state index contributed by atoms with van der Waals surface area (Å²) in [6.07, 6.45) is 6.38. The molecule has 7 heteroatoms. The van der Waals surface area contributed by atoms with Crippen LogP contribution in [0, 0.1) is 5.82 Å². The second-order valence-electron chi connectivity index (χ2n) is 7.88. The van der Waals surface area contributed by atoms with Gasteiger partial charge in [-0.15, -0.1) is 0 Å². The number of nitrogens with one attached hydrogen (secondary N) is 1. The van der Waals surface area contributed by atoms with Crippen molar-refractivity contribution in [3.05, 3.63) is 72.9 Å². The predicted molar refractivity (Wildman–Crippen MR) is 125 cm³/mol. The van der Waals surface area contributed by atoms with E-state index in [0.29, 0.717) is 18.8 Å². The summed E-state index contributed by atoms with van der Waals surface area (Å²) in [6, 6.07) is 14.5. The summed E-state index contributed by atoms with van der Waals surface area (Å²) < 4.78 is 19.2. The second kappa shape index (κ2) is 8.78. The van der Waals surface area contributed by atoms with Gasteiger partial charge in [-0.2, -0.15) is 0 Å². The van der Waals surface area contributed by atoms with Gasteiger partial charge in [0.25, 0.3) is 0 Å². The minimum atomic E-state index is -0.290. The van der Waals surface area contributed by atoms with Crippen molar-refractivity contribution in [3.8, 4) is 16.9 Å². The van der Waals surface area contributed by atoms with Gasteiger partial charge in [0.05, 0.1) is 24.1 Å². The summed E-state index contributed by atoms with van der Waals surface area (Å²) >= 11 is 0. The molecule has 0 atom stereocenters. The monoisotopic (exact) mass is 429 g/mol. The third kappa shape index (κ3) is 4.19. The van der Waals surface area contributed by atoms with Crippen molar-refractivity contribution in [2.24, 2.45) is 0 Å². The van der Waals surface area contributed by atoms with E-state index in [1.54, 1.807) is 24.5 Å². The first kappa shape index (κ1) is 20.2. The zero-order chi connectivity index (χ0) is 21.9. The Labute approximate surface area is 186 Å². The Bertz CT molecular complexity index is 1220. The molecule has 0 radical (unpaired) electrons. The third-order valence-corrected chi connectivity index (χ3v) is 5.48. The molecule has 2 aromatic carbocycles. The highest BCUT2D eigenvalue weighted by Crippen LogP contribution is 2.31. The smallest absolute Gasteiger partial charge is 0.134 e. The molecule has 2 aromatic heterocycles. The van der Waals surface area contributed by atoms with Crippen molar-refractivity contribution in [3.63, 3.8) is 0 Å². The number of nitrogens with zero attached hydrogens (tertiary/aromatic N) is 4. The minimum absolute atomic E-state index is 0.0267. The number of anilines is 2. The Hall–Kier alpha value is -3.74. The van der Waals surface area contributed by atoms with Crippen molar-refractivity contribution >= 4 is 22.5 Å². The Morgan fingerprint density at radius 3 is 2.72 bits per heavy atom. The molecule has 0 spiro atoms. The Morgan fingerprint density at radius 1 is 1.06 bits per heavy atom. The minimum Gasteiger partial charge on any atom is -0.487 e. The van der Waals surface area contributed by atoms with E-state index >= 15 is 0 Å². The number of fused-ring (bicyclic) bond motifs is 1. The third-order valence-electron chi connectivity index (χ3n) is 5.48. The molecular weight excluding hydrogens is 405 g/mol. The van der Waals surface area contributed by atoms with E-state index in [4.69, 9.17) is 4.74 Å². The molecule has 32 heavy (non-hydrogen) atoms. The molecule has 0 aliphatic carbocycles. The van der Waals surface area contributed by atoms with E-state index in [-0.39, 0.29) is 11.9 Å². The van der Waals surface area contributed by atoms with Crippen LogP contribution in [-0.4, -0.2) is 40.7 Å². The molecule has 0 bridgehead atoms. The molecule has 6 nitrogen and oxygen atoms in total. The first-order valence-electron chi connectivity index (χ1n) is 10.8. The van der Waals surface area contributed by atoms with Crippen LogP contribution >= 0.6 is 0 Å². The lowest BCUT2D eigenvalue weighted by atomic mass is 10.0.